The van der Waals surface area contributed by atoms with Crippen molar-refractivity contribution in [3.8, 4) is 5.75 Å². The molecular weight excluding hydrogens is 452 g/mol. The Morgan fingerprint density at radius 1 is 1.18 bits per heavy atom. The summed E-state index contributed by atoms with van der Waals surface area (Å²) >= 11 is 1.72. The Morgan fingerprint density at radius 2 is 2.00 bits per heavy atom. The molecule has 0 saturated carbocycles. The number of unbranched alkanes of at least 4 members (excludes halogenated alkanes) is 1. The third kappa shape index (κ3) is 5.12. The standard InChI is InChI=1S/C26H32N2O5S/c1-3-4-13-28-23(29)10-9-20(25(28)19-7-5-6-8-21(19)32-2)26(31)33-17-24(30)27-14-11-22-18(16-27)12-15-34-22/h5-8,12,15,20,25H,3-4,9-11,13-14,16-17H2,1-2H3. The number of piperidine rings is 1. The van der Waals surface area contributed by atoms with Crippen LogP contribution in [0.5, 0.6) is 5.75 Å². The molecule has 2 aliphatic heterocycles. The molecule has 2 aromatic rings. The molecule has 0 spiro atoms. The van der Waals surface area contributed by atoms with Crippen LogP contribution in [-0.2, 0) is 32.1 Å². The first-order valence-corrected chi connectivity index (χ1v) is 12.8. The van der Waals surface area contributed by atoms with Crippen LogP contribution in [0.25, 0.3) is 0 Å². The van der Waals surface area contributed by atoms with Crippen molar-refractivity contribution in [3.05, 3.63) is 51.7 Å². The fourth-order valence-electron chi connectivity index (χ4n) is 4.88. The van der Waals surface area contributed by atoms with E-state index in [1.165, 1.54) is 10.4 Å². The largest absolute Gasteiger partial charge is 0.496 e. The lowest BCUT2D eigenvalue weighted by atomic mass is 9.83. The summed E-state index contributed by atoms with van der Waals surface area (Å²) in [5, 5.41) is 2.05. The van der Waals surface area contributed by atoms with Crippen LogP contribution in [0, 0.1) is 5.92 Å². The quantitative estimate of drug-likeness (QED) is 0.530. The maximum atomic E-state index is 13.3. The highest BCUT2D eigenvalue weighted by molar-refractivity contribution is 7.10. The van der Waals surface area contributed by atoms with E-state index in [0.717, 1.165) is 24.8 Å². The molecule has 1 aromatic heterocycles. The SMILES string of the molecule is CCCCN1C(=O)CCC(C(=O)OCC(=O)N2CCc3sccc3C2)C1c1ccccc1OC. The van der Waals surface area contributed by atoms with Gasteiger partial charge in [0.15, 0.2) is 6.61 Å². The molecule has 7 nitrogen and oxygen atoms in total. The smallest absolute Gasteiger partial charge is 0.311 e. The lowest BCUT2D eigenvalue weighted by Gasteiger charge is -2.41. The van der Waals surface area contributed by atoms with Crippen LogP contribution in [-0.4, -0.2) is 54.4 Å². The number of amides is 2. The molecule has 1 aromatic carbocycles. The van der Waals surface area contributed by atoms with Crippen molar-refractivity contribution in [2.45, 2.75) is 51.6 Å². The van der Waals surface area contributed by atoms with Crippen molar-refractivity contribution in [2.75, 3.05) is 26.8 Å². The van der Waals surface area contributed by atoms with Crippen LogP contribution in [0.4, 0.5) is 0 Å². The summed E-state index contributed by atoms with van der Waals surface area (Å²) in [6.45, 7) is 3.55. The van der Waals surface area contributed by atoms with Crippen molar-refractivity contribution >= 4 is 29.1 Å². The van der Waals surface area contributed by atoms with Crippen LogP contribution in [0.2, 0.25) is 0 Å². The summed E-state index contributed by atoms with van der Waals surface area (Å²) in [6.07, 6.45) is 3.29. The zero-order valence-electron chi connectivity index (χ0n) is 19.8. The van der Waals surface area contributed by atoms with Crippen LogP contribution in [0.1, 0.15) is 54.7 Å². The first kappa shape index (κ1) is 24.3. The Balaban J connectivity index is 1.49. The van der Waals surface area contributed by atoms with Crippen LogP contribution < -0.4 is 4.74 Å². The Morgan fingerprint density at radius 3 is 2.79 bits per heavy atom. The Kier molecular flexibility index (Phi) is 7.88. The van der Waals surface area contributed by atoms with E-state index in [-0.39, 0.29) is 24.8 Å². The number of carbonyl (C=O) groups excluding carboxylic acids is 3. The molecule has 8 heteroatoms. The summed E-state index contributed by atoms with van der Waals surface area (Å²) in [5.74, 6) is -0.509. The van der Waals surface area contributed by atoms with E-state index < -0.39 is 17.9 Å². The summed E-state index contributed by atoms with van der Waals surface area (Å²) in [5.41, 5.74) is 1.97. The predicted octanol–water partition coefficient (Wildman–Crippen LogP) is 3.96. The number of esters is 1. The Labute approximate surface area is 204 Å². The van der Waals surface area contributed by atoms with Gasteiger partial charge in [-0.25, -0.2) is 0 Å². The predicted molar refractivity (Wildman–Crippen MR) is 129 cm³/mol. The molecule has 1 saturated heterocycles. The molecule has 0 aliphatic carbocycles. The minimum Gasteiger partial charge on any atom is -0.496 e. The third-order valence-electron chi connectivity index (χ3n) is 6.72. The molecule has 4 rings (SSSR count). The molecule has 2 amide bonds. The molecule has 182 valence electrons. The average molecular weight is 485 g/mol. The van der Waals surface area contributed by atoms with Gasteiger partial charge in [-0.05, 0) is 42.3 Å². The molecule has 2 atom stereocenters. The van der Waals surface area contributed by atoms with Gasteiger partial charge >= 0.3 is 5.97 Å². The number of hydrogen-bond donors (Lipinski definition) is 0. The number of benzene rings is 1. The maximum Gasteiger partial charge on any atom is 0.311 e. The second-order valence-electron chi connectivity index (χ2n) is 8.81. The number of hydrogen-bond acceptors (Lipinski definition) is 6. The molecular formula is C26H32N2O5S. The fraction of sp³-hybridized carbons (Fsp3) is 0.500. The van der Waals surface area contributed by atoms with Gasteiger partial charge in [-0.2, -0.15) is 0 Å². The molecule has 34 heavy (non-hydrogen) atoms. The van der Waals surface area contributed by atoms with Gasteiger partial charge in [0, 0.05) is 36.5 Å². The second kappa shape index (κ2) is 11.0. The molecule has 0 bridgehead atoms. The zero-order chi connectivity index (χ0) is 24.1. The van der Waals surface area contributed by atoms with E-state index in [0.29, 0.717) is 31.8 Å². The summed E-state index contributed by atoms with van der Waals surface area (Å²) in [4.78, 5) is 43.8. The molecule has 2 aliphatic rings. The van der Waals surface area contributed by atoms with Crippen molar-refractivity contribution < 1.29 is 23.9 Å². The van der Waals surface area contributed by atoms with Gasteiger partial charge < -0.3 is 19.3 Å². The van der Waals surface area contributed by atoms with E-state index in [9.17, 15) is 14.4 Å². The lowest BCUT2D eigenvalue weighted by Crippen LogP contribution is -2.46. The first-order chi connectivity index (χ1) is 16.5. The van der Waals surface area contributed by atoms with Crippen molar-refractivity contribution in [1.82, 2.24) is 9.80 Å². The fourth-order valence-corrected chi connectivity index (χ4v) is 5.77. The highest BCUT2D eigenvalue weighted by atomic mass is 32.1. The lowest BCUT2D eigenvalue weighted by molar-refractivity contribution is -0.162. The summed E-state index contributed by atoms with van der Waals surface area (Å²) in [6, 6.07) is 9.07. The molecule has 1 fully saturated rings. The number of fused-ring (bicyclic) bond motifs is 1. The van der Waals surface area contributed by atoms with Gasteiger partial charge in [0.25, 0.3) is 5.91 Å². The van der Waals surface area contributed by atoms with E-state index in [4.69, 9.17) is 9.47 Å². The number of para-hydroxylation sites is 1. The average Bonchev–Trinajstić information content (AvgIpc) is 3.34. The van der Waals surface area contributed by atoms with E-state index in [1.807, 2.05) is 35.7 Å². The highest BCUT2D eigenvalue weighted by Crippen LogP contribution is 2.41. The molecule has 0 radical (unpaired) electrons. The van der Waals surface area contributed by atoms with Crippen LogP contribution in [0.15, 0.2) is 35.7 Å². The van der Waals surface area contributed by atoms with Crippen LogP contribution in [0.3, 0.4) is 0 Å². The van der Waals surface area contributed by atoms with E-state index in [2.05, 4.69) is 6.92 Å². The molecule has 3 heterocycles. The molecule has 0 N–H and O–H groups in total. The van der Waals surface area contributed by atoms with Gasteiger partial charge in [-0.1, -0.05) is 31.5 Å². The zero-order valence-corrected chi connectivity index (χ0v) is 20.6. The normalized spacial score (nSPS) is 20.1. The number of ether oxygens (including phenoxy) is 2. The minimum absolute atomic E-state index is 0.0318. The first-order valence-electron chi connectivity index (χ1n) is 12.0. The number of methoxy groups -OCH3 is 1. The second-order valence-corrected chi connectivity index (χ2v) is 9.82. The highest BCUT2D eigenvalue weighted by Gasteiger charge is 2.42. The van der Waals surface area contributed by atoms with Gasteiger partial charge in [-0.15, -0.1) is 11.3 Å². The van der Waals surface area contributed by atoms with Crippen LogP contribution >= 0.6 is 11.3 Å². The van der Waals surface area contributed by atoms with Crippen molar-refractivity contribution in [2.24, 2.45) is 5.92 Å². The van der Waals surface area contributed by atoms with Gasteiger partial charge in [0.1, 0.15) is 5.75 Å². The summed E-state index contributed by atoms with van der Waals surface area (Å²) < 4.78 is 11.1. The molecule has 2 unspecified atom stereocenters. The minimum atomic E-state index is -0.552. The number of thiophene rings is 1. The topological polar surface area (TPSA) is 76.2 Å². The van der Waals surface area contributed by atoms with Gasteiger partial charge in [0.2, 0.25) is 5.91 Å². The van der Waals surface area contributed by atoms with Crippen molar-refractivity contribution in [1.29, 1.82) is 0 Å². The third-order valence-corrected chi connectivity index (χ3v) is 7.74. The number of carbonyl (C=O) groups is 3. The van der Waals surface area contributed by atoms with Gasteiger partial charge in [0.05, 0.1) is 19.1 Å². The van der Waals surface area contributed by atoms with Crippen molar-refractivity contribution in [3.63, 3.8) is 0 Å². The monoisotopic (exact) mass is 484 g/mol. The Bertz CT molecular complexity index is 1040. The Hall–Kier alpha value is -2.87. The van der Waals surface area contributed by atoms with E-state index in [1.54, 1.807) is 28.2 Å². The van der Waals surface area contributed by atoms with Gasteiger partial charge in [-0.3, -0.25) is 14.4 Å². The summed E-state index contributed by atoms with van der Waals surface area (Å²) in [7, 11) is 1.59. The number of likely N-dealkylation sites (tertiary alicyclic amines) is 1. The number of rotatable bonds is 8. The van der Waals surface area contributed by atoms with E-state index >= 15 is 0 Å². The number of nitrogens with zero attached hydrogens (tertiary/aromatic N) is 2. The maximum absolute atomic E-state index is 13.3.